The van der Waals surface area contributed by atoms with Crippen LogP contribution in [0.2, 0.25) is 0 Å². The first-order valence-corrected chi connectivity index (χ1v) is 4.05. The molecule has 0 aromatic carbocycles. The van der Waals surface area contributed by atoms with Gasteiger partial charge in [0.2, 0.25) is 5.95 Å². The van der Waals surface area contributed by atoms with E-state index in [-0.39, 0.29) is 5.69 Å². The average Bonchev–Trinajstić information content (AvgIpc) is 2.07. The van der Waals surface area contributed by atoms with Gasteiger partial charge in [0.1, 0.15) is 0 Å². The van der Waals surface area contributed by atoms with Gasteiger partial charge in [0.15, 0.2) is 0 Å². The van der Waals surface area contributed by atoms with Crippen molar-refractivity contribution in [2.24, 2.45) is 0 Å². The van der Waals surface area contributed by atoms with Gasteiger partial charge in [-0.2, -0.15) is 17.0 Å². The van der Waals surface area contributed by atoms with Gasteiger partial charge < -0.3 is 5.73 Å². The van der Waals surface area contributed by atoms with E-state index in [0.717, 1.165) is 5.56 Å². The molecule has 0 bridgehead atoms. The number of thiol groups is 1. The number of rotatable bonds is 2. The van der Waals surface area contributed by atoms with Crippen molar-refractivity contribution in [3.05, 3.63) is 29.9 Å². The molecule has 1 aromatic rings. The Bertz CT molecular complexity index is 299. The molecule has 2 N–H and O–H groups in total. The second-order valence-electron chi connectivity index (χ2n) is 2.23. The van der Waals surface area contributed by atoms with Gasteiger partial charge in [-0.25, -0.2) is 4.98 Å². The number of nitrogen functional groups attached to an aromatic ring is 1. The van der Waals surface area contributed by atoms with Crippen molar-refractivity contribution in [3.8, 4) is 0 Å². The van der Waals surface area contributed by atoms with E-state index >= 15 is 0 Å². The maximum atomic E-state index is 12.5. The highest BCUT2D eigenvalue weighted by Gasteiger charge is 1.97. The van der Waals surface area contributed by atoms with Crippen LogP contribution in [0.25, 0.3) is 6.08 Å². The lowest BCUT2D eigenvalue weighted by atomic mass is 10.2. The smallest absolute Gasteiger partial charge is 0.236 e. The van der Waals surface area contributed by atoms with Crippen LogP contribution < -0.4 is 5.73 Å². The highest BCUT2D eigenvalue weighted by molar-refractivity contribution is 7.80. The predicted molar refractivity (Wildman–Crippen MR) is 51.5 cm³/mol. The lowest BCUT2D eigenvalue weighted by Crippen LogP contribution is -1.93. The zero-order valence-electron chi connectivity index (χ0n) is 6.37. The summed E-state index contributed by atoms with van der Waals surface area (Å²) in [5.74, 6) is 0.00936. The summed E-state index contributed by atoms with van der Waals surface area (Å²) in [5, 5.41) is 0. The summed E-state index contributed by atoms with van der Waals surface area (Å²) in [6.07, 6.45) is 5.04. The molecule has 2 nitrogen and oxygen atoms in total. The molecule has 4 heteroatoms. The van der Waals surface area contributed by atoms with E-state index in [0.29, 0.717) is 5.75 Å². The minimum absolute atomic E-state index is 0.0660. The van der Waals surface area contributed by atoms with E-state index in [1.165, 1.54) is 12.3 Å². The van der Waals surface area contributed by atoms with Crippen LogP contribution in [-0.2, 0) is 0 Å². The summed E-state index contributed by atoms with van der Waals surface area (Å²) in [6.45, 7) is 0. The lowest BCUT2D eigenvalue weighted by Gasteiger charge is -1.96. The van der Waals surface area contributed by atoms with Crippen LogP contribution in [0.5, 0.6) is 0 Å². The standard InChI is InChI=1S/C8H9FN2S/c9-8-7(10)4-6(5-11-8)2-1-3-12/h1-2,4-5,12H,3,10H2. The Morgan fingerprint density at radius 1 is 1.67 bits per heavy atom. The molecule has 0 saturated carbocycles. The average molecular weight is 184 g/mol. The Morgan fingerprint density at radius 3 is 3.00 bits per heavy atom. The molecule has 1 aromatic heterocycles. The van der Waals surface area contributed by atoms with E-state index in [4.69, 9.17) is 5.73 Å². The number of hydrogen-bond acceptors (Lipinski definition) is 3. The minimum Gasteiger partial charge on any atom is -0.395 e. The number of nitrogens with zero attached hydrogens (tertiary/aromatic N) is 1. The molecule has 0 saturated heterocycles. The summed E-state index contributed by atoms with van der Waals surface area (Å²) in [6, 6.07) is 1.53. The normalized spacial score (nSPS) is 10.8. The number of halogens is 1. The Kier molecular flexibility index (Phi) is 3.10. The van der Waals surface area contributed by atoms with Crippen molar-refractivity contribution in [1.29, 1.82) is 0 Å². The lowest BCUT2D eigenvalue weighted by molar-refractivity contribution is 0.588. The zero-order chi connectivity index (χ0) is 8.97. The molecule has 0 fully saturated rings. The third kappa shape index (κ3) is 2.23. The molecule has 0 spiro atoms. The molecule has 0 aliphatic heterocycles. The number of anilines is 1. The van der Waals surface area contributed by atoms with Gasteiger partial charge in [0.05, 0.1) is 5.69 Å². The van der Waals surface area contributed by atoms with Crippen molar-refractivity contribution in [2.75, 3.05) is 11.5 Å². The SMILES string of the molecule is Nc1cc(C=CCS)cnc1F. The van der Waals surface area contributed by atoms with Gasteiger partial charge in [0.25, 0.3) is 0 Å². The van der Waals surface area contributed by atoms with Crippen molar-refractivity contribution in [3.63, 3.8) is 0 Å². The van der Waals surface area contributed by atoms with Crippen LogP contribution in [-0.4, -0.2) is 10.7 Å². The highest BCUT2D eigenvalue weighted by Crippen LogP contribution is 2.10. The van der Waals surface area contributed by atoms with Crippen LogP contribution >= 0.6 is 12.6 Å². The second-order valence-corrected chi connectivity index (χ2v) is 2.60. The summed E-state index contributed by atoms with van der Waals surface area (Å²) in [4.78, 5) is 3.46. The first kappa shape index (κ1) is 9.06. The second kappa shape index (κ2) is 4.11. The van der Waals surface area contributed by atoms with Crippen LogP contribution in [0, 0.1) is 5.95 Å². The quantitative estimate of drug-likeness (QED) is 0.543. The molecule has 12 heavy (non-hydrogen) atoms. The molecule has 0 aliphatic rings. The summed E-state index contributed by atoms with van der Waals surface area (Å²) >= 11 is 3.98. The highest BCUT2D eigenvalue weighted by atomic mass is 32.1. The van der Waals surface area contributed by atoms with Crippen molar-refractivity contribution >= 4 is 24.4 Å². The fourth-order valence-corrected chi connectivity index (χ4v) is 0.867. The fourth-order valence-electron chi connectivity index (χ4n) is 0.762. The number of aromatic nitrogens is 1. The summed E-state index contributed by atoms with van der Waals surface area (Å²) < 4.78 is 12.5. The molecule has 0 aliphatic carbocycles. The van der Waals surface area contributed by atoms with E-state index in [2.05, 4.69) is 17.6 Å². The third-order valence-electron chi connectivity index (χ3n) is 1.30. The van der Waals surface area contributed by atoms with Gasteiger partial charge >= 0.3 is 0 Å². The first-order chi connectivity index (χ1) is 5.74. The number of pyridine rings is 1. The Hall–Kier alpha value is -1.03. The number of hydrogen-bond donors (Lipinski definition) is 2. The first-order valence-electron chi connectivity index (χ1n) is 3.42. The Labute approximate surface area is 75.7 Å². The maximum Gasteiger partial charge on any atom is 0.236 e. The molecule has 0 amide bonds. The van der Waals surface area contributed by atoms with Gasteiger partial charge in [-0.05, 0) is 11.6 Å². The summed E-state index contributed by atoms with van der Waals surface area (Å²) in [5.41, 5.74) is 6.15. The molecule has 1 heterocycles. The largest absolute Gasteiger partial charge is 0.395 e. The van der Waals surface area contributed by atoms with Crippen molar-refractivity contribution in [1.82, 2.24) is 4.98 Å². The molecule has 0 unspecified atom stereocenters. The maximum absolute atomic E-state index is 12.5. The van der Waals surface area contributed by atoms with Crippen LogP contribution in [0.15, 0.2) is 18.3 Å². The molecular weight excluding hydrogens is 175 g/mol. The van der Waals surface area contributed by atoms with Gasteiger partial charge in [0, 0.05) is 11.9 Å². The zero-order valence-corrected chi connectivity index (χ0v) is 7.26. The van der Waals surface area contributed by atoms with Gasteiger partial charge in [-0.1, -0.05) is 12.2 Å². The molecule has 0 radical (unpaired) electrons. The molecular formula is C8H9FN2S. The van der Waals surface area contributed by atoms with Crippen molar-refractivity contribution < 1.29 is 4.39 Å². The Balaban J connectivity index is 2.89. The molecule has 1 rings (SSSR count). The Morgan fingerprint density at radius 2 is 2.42 bits per heavy atom. The van der Waals surface area contributed by atoms with E-state index in [1.54, 1.807) is 6.08 Å². The third-order valence-corrected chi connectivity index (χ3v) is 1.51. The monoisotopic (exact) mass is 184 g/mol. The van der Waals surface area contributed by atoms with Gasteiger partial charge in [-0.15, -0.1) is 0 Å². The van der Waals surface area contributed by atoms with Crippen molar-refractivity contribution in [2.45, 2.75) is 0 Å². The topological polar surface area (TPSA) is 38.9 Å². The van der Waals surface area contributed by atoms with E-state index in [9.17, 15) is 4.39 Å². The minimum atomic E-state index is -0.627. The molecule has 0 atom stereocenters. The van der Waals surface area contributed by atoms with E-state index < -0.39 is 5.95 Å². The van der Waals surface area contributed by atoms with Gasteiger partial charge in [-0.3, -0.25) is 0 Å². The van der Waals surface area contributed by atoms with E-state index in [1.807, 2.05) is 6.08 Å². The predicted octanol–water partition coefficient (Wildman–Crippen LogP) is 1.75. The molecule has 64 valence electrons. The number of nitrogens with two attached hydrogens (primary N) is 1. The van der Waals surface area contributed by atoms with Crippen LogP contribution in [0.3, 0.4) is 0 Å². The fraction of sp³-hybridized carbons (Fsp3) is 0.125. The van der Waals surface area contributed by atoms with Crippen LogP contribution in [0.1, 0.15) is 5.56 Å². The summed E-state index contributed by atoms with van der Waals surface area (Å²) in [7, 11) is 0. The van der Waals surface area contributed by atoms with Crippen LogP contribution in [0.4, 0.5) is 10.1 Å².